The van der Waals surface area contributed by atoms with Crippen LogP contribution in [0.25, 0.3) is 0 Å². The number of carbonyl (C=O) groups excluding carboxylic acids is 3. The third kappa shape index (κ3) is 8.66. The molecule has 5 atom stereocenters. The summed E-state index contributed by atoms with van der Waals surface area (Å²) in [6.45, 7) is 6.90. The number of benzene rings is 1. The minimum Gasteiger partial charge on any atom is -0.480 e. The highest BCUT2D eigenvalue weighted by atomic mass is 16.4. The molecule has 1 aromatic rings. The highest BCUT2D eigenvalue weighted by Crippen LogP contribution is 2.12. The van der Waals surface area contributed by atoms with Gasteiger partial charge in [-0.2, -0.15) is 0 Å². The zero-order valence-electron chi connectivity index (χ0n) is 19.3. The Bertz CT molecular complexity index is 771. The first-order valence-electron chi connectivity index (χ1n) is 11.0. The average Bonchev–Trinajstić information content (AvgIpc) is 2.78. The highest BCUT2D eigenvalue weighted by Gasteiger charge is 2.32. The van der Waals surface area contributed by atoms with Crippen LogP contribution in [0.1, 0.15) is 46.1 Å². The van der Waals surface area contributed by atoms with Crippen molar-refractivity contribution in [2.75, 3.05) is 6.54 Å². The van der Waals surface area contributed by atoms with E-state index in [1.807, 2.05) is 44.2 Å². The molecule has 0 heterocycles. The zero-order chi connectivity index (χ0) is 24.3. The topological polar surface area (TPSA) is 151 Å². The molecule has 0 aliphatic rings. The fraction of sp³-hybridized carbons (Fsp3) is 0.565. The predicted molar refractivity (Wildman–Crippen MR) is 122 cm³/mol. The van der Waals surface area contributed by atoms with Crippen LogP contribution in [0.2, 0.25) is 0 Å². The van der Waals surface area contributed by atoms with Gasteiger partial charge in [0.15, 0.2) is 0 Å². The van der Waals surface area contributed by atoms with Crippen molar-refractivity contribution in [2.45, 2.75) is 65.1 Å². The fourth-order valence-electron chi connectivity index (χ4n) is 3.11. The van der Waals surface area contributed by atoms with Crippen LogP contribution in [0, 0.1) is 11.8 Å². The molecule has 0 aliphatic heterocycles. The smallest absolute Gasteiger partial charge is 0.326 e. The first kappa shape index (κ1) is 27.1. The van der Waals surface area contributed by atoms with Gasteiger partial charge in [-0.25, -0.2) is 4.79 Å². The Balaban J connectivity index is 2.68. The van der Waals surface area contributed by atoms with Crippen LogP contribution < -0.4 is 21.7 Å². The molecule has 32 heavy (non-hydrogen) atoms. The van der Waals surface area contributed by atoms with E-state index in [1.54, 1.807) is 13.8 Å². The highest BCUT2D eigenvalue weighted by molar-refractivity contribution is 5.92. The lowest BCUT2D eigenvalue weighted by atomic mass is 9.95. The van der Waals surface area contributed by atoms with Crippen LogP contribution in [0.4, 0.5) is 0 Å². The number of aliphatic carboxylic acids is 1. The molecule has 6 N–H and O–H groups in total. The molecular weight excluding hydrogens is 412 g/mol. The van der Waals surface area contributed by atoms with E-state index in [0.29, 0.717) is 19.3 Å². The third-order valence-electron chi connectivity index (χ3n) is 5.65. The summed E-state index contributed by atoms with van der Waals surface area (Å²) >= 11 is 0. The molecule has 1 rings (SSSR count). The summed E-state index contributed by atoms with van der Waals surface area (Å²) in [6, 6.07) is 6.50. The molecule has 1 aromatic carbocycles. The van der Waals surface area contributed by atoms with Crippen molar-refractivity contribution >= 4 is 23.7 Å². The molecular formula is C23H36N4O5. The molecule has 178 valence electrons. The van der Waals surface area contributed by atoms with Crippen molar-refractivity contribution in [1.29, 1.82) is 0 Å². The van der Waals surface area contributed by atoms with Gasteiger partial charge in [-0.1, -0.05) is 70.9 Å². The van der Waals surface area contributed by atoms with Crippen molar-refractivity contribution in [1.82, 2.24) is 16.0 Å². The number of nitrogens with one attached hydrogen (secondary N) is 3. The van der Waals surface area contributed by atoms with Crippen LogP contribution in [0.3, 0.4) is 0 Å². The van der Waals surface area contributed by atoms with Crippen molar-refractivity contribution in [3.05, 3.63) is 35.9 Å². The first-order chi connectivity index (χ1) is 15.1. The number of hydrogen-bond donors (Lipinski definition) is 5. The summed E-state index contributed by atoms with van der Waals surface area (Å²) in [5.74, 6) is -3.22. The van der Waals surface area contributed by atoms with Crippen LogP contribution in [0.5, 0.6) is 0 Å². The molecule has 5 unspecified atom stereocenters. The van der Waals surface area contributed by atoms with Gasteiger partial charge < -0.3 is 26.8 Å². The molecule has 9 heteroatoms. The number of rotatable bonds is 13. The van der Waals surface area contributed by atoms with Crippen molar-refractivity contribution in [3.8, 4) is 0 Å². The third-order valence-corrected chi connectivity index (χ3v) is 5.65. The van der Waals surface area contributed by atoms with Gasteiger partial charge in [0.1, 0.15) is 12.1 Å². The number of hydrogen-bond acceptors (Lipinski definition) is 5. The van der Waals surface area contributed by atoms with Crippen molar-refractivity contribution in [2.24, 2.45) is 17.6 Å². The van der Waals surface area contributed by atoms with E-state index in [-0.39, 0.29) is 18.4 Å². The molecule has 0 saturated heterocycles. The average molecular weight is 449 g/mol. The van der Waals surface area contributed by atoms with E-state index in [9.17, 15) is 24.3 Å². The molecule has 0 bridgehead atoms. The van der Waals surface area contributed by atoms with E-state index < -0.39 is 41.8 Å². The van der Waals surface area contributed by atoms with Gasteiger partial charge in [-0.3, -0.25) is 14.4 Å². The number of carboxylic acid groups (broad SMARTS) is 1. The first-order valence-corrected chi connectivity index (χ1v) is 11.0. The molecule has 0 aliphatic carbocycles. The lowest BCUT2D eigenvalue weighted by Crippen LogP contribution is -2.57. The summed E-state index contributed by atoms with van der Waals surface area (Å²) in [5.41, 5.74) is 6.82. The summed E-state index contributed by atoms with van der Waals surface area (Å²) < 4.78 is 0. The maximum atomic E-state index is 12.8. The number of carboxylic acids is 1. The SMILES string of the molecule is CCC(C)C(NC(=O)C(NC(=O)CNC(=O)C(N)Cc1ccccc1)C(C)CC)C(=O)O. The van der Waals surface area contributed by atoms with Crippen LogP contribution >= 0.6 is 0 Å². The van der Waals surface area contributed by atoms with Gasteiger partial charge in [0, 0.05) is 0 Å². The van der Waals surface area contributed by atoms with Crippen molar-refractivity contribution < 1.29 is 24.3 Å². The van der Waals surface area contributed by atoms with Gasteiger partial charge in [-0.05, 0) is 23.8 Å². The Morgan fingerprint density at radius 3 is 2.00 bits per heavy atom. The number of nitrogens with two attached hydrogens (primary N) is 1. The molecule has 9 nitrogen and oxygen atoms in total. The second kappa shape index (κ2) is 13.5. The summed E-state index contributed by atoms with van der Waals surface area (Å²) in [5, 5.41) is 17.1. The lowest BCUT2D eigenvalue weighted by molar-refractivity contribution is -0.144. The van der Waals surface area contributed by atoms with Gasteiger partial charge in [0.2, 0.25) is 17.7 Å². The lowest BCUT2D eigenvalue weighted by Gasteiger charge is -2.27. The molecule has 0 fully saturated rings. The fourth-order valence-corrected chi connectivity index (χ4v) is 3.11. The van der Waals surface area contributed by atoms with Crippen molar-refractivity contribution in [3.63, 3.8) is 0 Å². The Morgan fingerprint density at radius 2 is 1.47 bits per heavy atom. The molecule has 0 saturated carbocycles. The van der Waals surface area contributed by atoms with Gasteiger partial charge >= 0.3 is 5.97 Å². The van der Waals surface area contributed by atoms with Crippen LogP contribution in [-0.4, -0.2) is 53.5 Å². The standard InChI is InChI=1S/C23H36N4O5/c1-5-14(3)19(22(30)27-20(23(31)32)15(4)6-2)26-18(28)13-25-21(29)17(24)12-16-10-8-7-9-11-16/h7-11,14-15,17,19-20H,5-6,12-13,24H2,1-4H3,(H,25,29)(H,26,28)(H,27,30)(H,31,32). The predicted octanol–water partition coefficient (Wildman–Crippen LogP) is 0.819. The van der Waals surface area contributed by atoms with E-state index >= 15 is 0 Å². The Kier molecular flexibility index (Phi) is 11.4. The Morgan fingerprint density at radius 1 is 0.906 bits per heavy atom. The maximum Gasteiger partial charge on any atom is 0.326 e. The molecule has 3 amide bonds. The molecule has 0 aromatic heterocycles. The van der Waals surface area contributed by atoms with E-state index in [0.717, 1.165) is 5.56 Å². The minimum atomic E-state index is -1.12. The Labute approximate surface area is 189 Å². The quantitative estimate of drug-likeness (QED) is 0.301. The molecule has 0 radical (unpaired) electrons. The summed E-state index contributed by atoms with van der Waals surface area (Å²) in [6.07, 6.45) is 1.50. The van der Waals surface area contributed by atoms with Gasteiger partial charge in [-0.15, -0.1) is 0 Å². The van der Waals surface area contributed by atoms with Gasteiger partial charge in [0.25, 0.3) is 0 Å². The van der Waals surface area contributed by atoms with Crippen LogP contribution in [0.15, 0.2) is 30.3 Å². The monoisotopic (exact) mass is 448 g/mol. The summed E-state index contributed by atoms with van der Waals surface area (Å²) in [4.78, 5) is 48.9. The second-order valence-electron chi connectivity index (χ2n) is 8.15. The second-order valence-corrected chi connectivity index (χ2v) is 8.15. The molecule has 0 spiro atoms. The maximum absolute atomic E-state index is 12.8. The minimum absolute atomic E-state index is 0.235. The number of amides is 3. The van der Waals surface area contributed by atoms with E-state index in [2.05, 4.69) is 16.0 Å². The van der Waals surface area contributed by atoms with E-state index in [4.69, 9.17) is 5.73 Å². The van der Waals surface area contributed by atoms with Gasteiger partial charge in [0.05, 0.1) is 12.6 Å². The normalized spacial score (nSPS) is 15.5. The Hall–Kier alpha value is -2.94. The summed E-state index contributed by atoms with van der Waals surface area (Å²) in [7, 11) is 0. The number of carbonyl (C=O) groups is 4. The zero-order valence-corrected chi connectivity index (χ0v) is 19.3. The largest absolute Gasteiger partial charge is 0.480 e. The van der Waals surface area contributed by atoms with Crippen LogP contribution in [-0.2, 0) is 25.6 Å². The van der Waals surface area contributed by atoms with E-state index in [1.165, 1.54) is 0 Å².